The first-order chi connectivity index (χ1) is 13.7. The van der Waals surface area contributed by atoms with Crippen molar-refractivity contribution in [1.82, 2.24) is 15.1 Å². The monoisotopic (exact) mass is 520 g/mol. The lowest BCUT2D eigenvalue weighted by molar-refractivity contribution is -0.146. The third-order valence-electron chi connectivity index (χ3n) is 7.66. The van der Waals surface area contributed by atoms with Gasteiger partial charge in [0.25, 0.3) is 0 Å². The number of nitrogens with one attached hydrogen (secondary N) is 1. The Morgan fingerprint density at radius 3 is 2.62 bits per heavy atom. The van der Waals surface area contributed by atoms with E-state index in [1.807, 2.05) is 7.05 Å². The summed E-state index contributed by atoms with van der Waals surface area (Å²) >= 11 is 0. The van der Waals surface area contributed by atoms with E-state index >= 15 is 0 Å². The maximum atomic E-state index is 6.13. The molecule has 0 amide bonds. The van der Waals surface area contributed by atoms with Gasteiger partial charge in [-0.1, -0.05) is 19.3 Å². The van der Waals surface area contributed by atoms with Crippen molar-refractivity contribution in [2.24, 2.45) is 16.3 Å². The Hall–Kier alpha value is -0.120. The van der Waals surface area contributed by atoms with Crippen LogP contribution in [0, 0.1) is 11.3 Å². The fourth-order valence-corrected chi connectivity index (χ4v) is 6.04. The Morgan fingerprint density at radius 2 is 1.93 bits per heavy atom. The molecule has 4 aliphatic rings. The number of ether oxygens (including phenoxy) is 2. The van der Waals surface area contributed by atoms with Crippen LogP contribution in [0.2, 0.25) is 0 Å². The third-order valence-corrected chi connectivity index (χ3v) is 7.66. The van der Waals surface area contributed by atoms with E-state index in [2.05, 4.69) is 27.0 Å². The molecule has 4 rings (SSSR count). The van der Waals surface area contributed by atoms with Gasteiger partial charge in [-0.05, 0) is 38.5 Å². The van der Waals surface area contributed by atoms with E-state index in [4.69, 9.17) is 9.47 Å². The van der Waals surface area contributed by atoms with E-state index in [9.17, 15) is 0 Å². The van der Waals surface area contributed by atoms with Crippen LogP contribution in [0.3, 0.4) is 0 Å². The molecule has 2 aliphatic carbocycles. The predicted octanol–water partition coefficient (Wildman–Crippen LogP) is 2.96. The first-order valence-electron chi connectivity index (χ1n) is 11.6. The normalized spacial score (nSPS) is 32.7. The molecule has 1 N–H and O–H groups in total. The fourth-order valence-electron chi connectivity index (χ4n) is 6.04. The molecule has 29 heavy (non-hydrogen) atoms. The smallest absolute Gasteiger partial charge is 0.193 e. The number of nitrogens with zero attached hydrogens (tertiary/aromatic N) is 3. The number of aliphatic imine (C=N–C) groups is 1. The largest absolute Gasteiger partial charge is 0.379 e. The highest BCUT2D eigenvalue weighted by molar-refractivity contribution is 14.0. The first-order valence-corrected chi connectivity index (χ1v) is 11.6. The Balaban J connectivity index is 0.00000240. The summed E-state index contributed by atoms with van der Waals surface area (Å²) in [6.07, 6.45) is 9.57. The molecule has 2 heterocycles. The highest BCUT2D eigenvalue weighted by atomic mass is 127. The van der Waals surface area contributed by atoms with Crippen molar-refractivity contribution in [3.63, 3.8) is 0 Å². The van der Waals surface area contributed by atoms with E-state index in [1.165, 1.54) is 45.1 Å². The van der Waals surface area contributed by atoms with E-state index in [-0.39, 0.29) is 24.0 Å². The van der Waals surface area contributed by atoms with Crippen LogP contribution in [-0.4, -0.2) is 87.5 Å². The fraction of sp³-hybridized carbons (Fsp3) is 0.955. The Morgan fingerprint density at radius 1 is 1.17 bits per heavy atom. The molecule has 0 aromatic rings. The summed E-state index contributed by atoms with van der Waals surface area (Å²) in [7, 11) is 1.95. The second-order valence-electron chi connectivity index (χ2n) is 9.23. The number of rotatable bonds is 5. The average Bonchev–Trinajstić information content (AvgIpc) is 3.20. The van der Waals surface area contributed by atoms with Gasteiger partial charge in [-0.15, -0.1) is 24.0 Å². The molecule has 168 valence electrons. The average molecular weight is 521 g/mol. The molecule has 2 saturated carbocycles. The summed E-state index contributed by atoms with van der Waals surface area (Å²) in [5, 5.41) is 3.88. The highest BCUT2D eigenvalue weighted by Gasteiger charge is 2.56. The minimum absolute atomic E-state index is 0. The van der Waals surface area contributed by atoms with Gasteiger partial charge >= 0.3 is 0 Å². The predicted molar refractivity (Wildman–Crippen MR) is 128 cm³/mol. The summed E-state index contributed by atoms with van der Waals surface area (Å²) in [6.45, 7) is 10.4. The quantitative estimate of drug-likeness (QED) is 0.343. The number of hydrogen-bond donors (Lipinski definition) is 1. The van der Waals surface area contributed by atoms with Crippen LogP contribution in [0.5, 0.6) is 0 Å². The number of morpholine rings is 1. The zero-order chi connectivity index (χ0) is 19.4. The molecule has 7 heteroatoms. The standard InChI is InChI=1S/C22H40N4O2.HI/c1-3-28-20-15-19(22(20)8-5-4-6-9-22)24-21(23-2)26-10-7-18(17-26)16-25-11-13-27-14-12-25;/h18-20H,3-17H2,1-2H3,(H,23,24);1H. The number of halogens is 1. The molecule has 4 fully saturated rings. The number of hydrogen-bond acceptors (Lipinski definition) is 4. The van der Waals surface area contributed by atoms with Crippen LogP contribution >= 0.6 is 24.0 Å². The van der Waals surface area contributed by atoms with Gasteiger partial charge in [0, 0.05) is 57.8 Å². The van der Waals surface area contributed by atoms with Crippen molar-refractivity contribution in [3.05, 3.63) is 0 Å². The van der Waals surface area contributed by atoms with Gasteiger partial charge in [0.15, 0.2) is 5.96 Å². The molecule has 2 saturated heterocycles. The van der Waals surface area contributed by atoms with Gasteiger partial charge in [-0.2, -0.15) is 0 Å². The minimum Gasteiger partial charge on any atom is -0.379 e. The van der Waals surface area contributed by atoms with E-state index in [1.54, 1.807) is 0 Å². The molecule has 0 radical (unpaired) electrons. The summed E-state index contributed by atoms with van der Waals surface area (Å²) < 4.78 is 11.6. The van der Waals surface area contributed by atoms with Gasteiger partial charge in [-0.3, -0.25) is 9.89 Å². The molecule has 1 spiro atoms. The highest BCUT2D eigenvalue weighted by Crippen LogP contribution is 2.53. The maximum absolute atomic E-state index is 6.13. The van der Waals surface area contributed by atoms with Crippen LogP contribution in [-0.2, 0) is 9.47 Å². The Kier molecular flexibility index (Phi) is 8.89. The molecule has 3 unspecified atom stereocenters. The van der Waals surface area contributed by atoms with Crippen LogP contribution < -0.4 is 5.32 Å². The SMILES string of the molecule is CCOC1CC(NC(=NC)N2CCC(CN3CCOCC3)C2)C12CCCCC2.I. The second kappa shape index (κ2) is 11.0. The van der Waals surface area contributed by atoms with Gasteiger partial charge in [0.05, 0.1) is 19.3 Å². The van der Waals surface area contributed by atoms with Crippen LogP contribution in [0.1, 0.15) is 51.9 Å². The lowest BCUT2D eigenvalue weighted by Gasteiger charge is -2.58. The molecular weight excluding hydrogens is 479 g/mol. The summed E-state index contributed by atoms with van der Waals surface area (Å²) in [6, 6.07) is 0.529. The molecule has 2 aliphatic heterocycles. The lowest BCUT2D eigenvalue weighted by Crippen LogP contribution is -2.66. The number of guanidine groups is 1. The first kappa shape index (κ1) is 23.5. The Bertz CT molecular complexity index is 535. The van der Waals surface area contributed by atoms with Crippen molar-refractivity contribution in [2.45, 2.75) is 64.0 Å². The molecule has 0 bridgehead atoms. The molecule has 6 nitrogen and oxygen atoms in total. The minimum atomic E-state index is 0. The molecule has 3 atom stereocenters. The van der Waals surface area contributed by atoms with Gasteiger partial charge in [0.1, 0.15) is 0 Å². The molecular formula is C22H41IN4O2. The van der Waals surface area contributed by atoms with Gasteiger partial charge < -0.3 is 19.7 Å². The van der Waals surface area contributed by atoms with Crippen LogP contribution in [0.15, 0.2) is 4.99 Å². The van der Waals surface area contributed by atoms with Gasteiger partial charge in [-0.25, -0.2) is 0 Å². The summed E-state index contributed by atoms with van der Waals surface area (Å²) in [4.78, 5) is 9.75. The summed E-state index contributed by atoms with van der Waals surface area (Å²) in [5.74, 6) is 1.87. The maximum Gasteiger partial charge on any atom is 0.193 e. The van der Waals surface area contributed by atoms with Crippen molar-refractivity contribution in [1.29, 1.82) is 0 Å². The van der Waals surface area contributed by atoms with Crippen molar-refractivity contribution < 1.29 is 9.47 Å². The van der Waals surface area contributed by atoms with Crippen LogP contribution in [0.25, 0.3) is 0 Å². The van der Waals surface area contributed by atoms with E-state index in [0.717, 1.165) is 64.3 Å². The van der Waals surface area contributed by atoms with Gasteiger partial charge in [0.2, 0.25) is 0 Å². The van der Waals surface area contributed by atoms with E-state index in [0.29, 0.717) is 17.6 Å². The molecule has 0 aromatic carbocycles. The van der Waals surface area contributed by atoms with Crippen molar-refractivity contribution in [3.8, 4) is 0 Å². The van der Waals surface area contributed by atoms with Crippen LogP contribution in [0.4, 0.5) is 0 Å². The Labute approximate surface area is 194 Å². The molecule has 0 aromatic heterocycles. The number of likely N-dealkylation sites (tertiary alicyclic amines) is 1. The van der Waals surface area contributed by atoms with Crippen molar-refractivity contribution in [2.75, 3.05) is 59.6 Å². The zero-order valence-electron chi connectivity index (χ0n) is 18.4. The van der Waals surface area contributed by atoms with Crippen molar-refractivity contribution >= 4 is 29.9 Å². The topological polar surface area (TPSA) is 49.3 Å². The lowest BCUT2D eigenvalue weighted by atomic mass is 9.55. The zero-order valence-corrected chi connectivity index (χ0v) is 20.7. The third kappa shape index (κ3) is 5.21. The van der Waals surface area contributed by atoms with E-state index < -0.39 is 0 Å². The summed E-state index contributed by atoms with van der Waals surface area (Å²) in [5.41, 5.74) is 0.344. The second-order valence-corrected chi connectivity index (χ2v) is 9.23.